The van der Waals surface area contributed by atoms with Crippen LogP contribution in [0.15, 0.2) is 30.5 Å². The number of nitrogens with zero attached hydrogens (tertiary/aromatic N) is 4. The highest BCUT2D eigenvalue weighted by Crippen LogP contribution is 2.47. The molecule has 2 aliphatic heterocycles. The van der Waals surface area contributed by atoms with Gasteiger partial charge in [-0.25, -0.2) is 4.79 Å². The van der Waals surface area contributed by atoms with Gasteiger partial charge >= 0.3 is 6.09 Å². The summed E-state index contributed by atoms with van der Waals surface area (Å²) in [7, 11) is 0. The summed E-state index contributed by atoms with van der Waals surface area (Å²) in [5, 5.41) is 12.8. The normalized spacial score (nSPS) is 26.0. The van der Waals surface area contributed by atoms with Crippen LogP contribution in [0.5, 0.6) is 5.75 Å². The molecule has 1 aromatic carbocycles. The maximum Gasteiger partial charge on any atom is 0.410 e. The first-order valence-corrected chi connectivity index (χ1v) is 17.2. The lowest BCUT2D eigenvalue weighted by Gasteiger charge is -2.34. The number of rotatable bonds is 9. The molecule has 3 amide bonds. The van der Waals surface area contributed by atoms with Crippen LogP contribution in [0.4, 0.5) is 4.79 Å². The van der Waals surface area contributed by atoms with Crippen molar-refractivity contribution in [1.82, 2.24) is 20.1 Å². The van der Waals surface area contributed by atoms with Gasteiger partial charge in [-0.15, -0.1) is 0 Å². The smallest absolute Gasteiger partial charge is 0.410 e. The third kappa shape index (κ3) is 8.15. The Balaban J connectivity index is 0.930. The lowest BCUT2D eigenvalue weighted by molar-refractivity contribution is -0.131. The van der Waals surface area contributed by atoms with Gasteiger partial charge in [0.25, 0.3) is 5.91 Å². The maximum atomic E-state index is 13.2. The number of amides is 3. The number of piperidine rings is 2. The molecule has 0 radical (unpaired) electrons. The molecule has 252 valence electrons. The second-order valence-corrected chi connectivity index (χ2v) is 14.7. The lowest BCUT2D eigenvalue weighted by Crippen LogP contribution is -2.44. The number of ether oxygens (including phenoxy) is 3. The van der Waals surface area contributed by atoms with E-state index in [-0.39, 0.29) is 36.6 Å². The predicted octanol–water partition coefficient (Wildman–Crippen LogP) is 5.08. The summed E-state index contributed by atoms with van der Waals surface area (Å²) in [4.78, 5) is 46.2. The quantitative estimate of drug-likeness (QED) is 0.399. The second kappa shape index (κ2) is 14.1. The Morgan fingerprint density at radius 2 is 1.72 bits per heavy atom. The van der Waals surface area contributed by atoms with E-state index in [1.54, 1.807) is 22.1 Å². The van der Waals surface area contributed by atoms with Gasteiger partial charge in [0.2, 0.25) is 5.91 Å². The largest absolute Gasteiger partial charge is 0.493 e. The molecule has 0 unspecified atom stereocenters. The van der Waals surface area contributed by atoms with E-state index in [0.29, 0.717) is 59.7 Å². The van der Waals surface area contributed by atoms with Gasteiger partial charge in [-0.2, -0.15) is 5.26 Å². The molecule has 0 spiro atoms. The van der Waals surface area contributed by atoms with E-state index in [1.807, 2.05) is 39.0 Å². The van der Waals surface area contributed by atoms with Crippen LogP contribution in [-0.4, -0.2) is 89.3 Å². The lowest BCUT2D eigenvalue weighted by atomic mass is 9.83. The van der Waals surface area contributed by atoms with Crippen LogP contribution in [0.3, 0.4) is 0 Å². The fraction of sp³-hybridized carbons (Fsp3) is 0.639. The number of pyridine rings is 1. The van der Waals surface area contributed by atoms with Gasteiger partial charge in [0.15, 0.2) is 0 Å². The van der Waals surface area contributed by atoms with E-state index in [0.717, 1.165) is 58.0 Å². The highest BCUT2D eigenvalue weighted by Gasteiger charge is 2.54. The van der Waals surface area contributed by atoms with Crippen molar-refractivity contribution >= 4 is 28.8 Å². The van der Waals surface area contributed by atoms with Gasteiger partial charge in [-0.1, -0.05) is 0 Å². The first-order valence-electron chi connectivity index (χ1n) is 17.2. The summed E-state index contributed by atoms with van der Waals surface area (Å²) in [5.41, 5.74) is 0.634. The molecule has 1 aromatic heterocycles. The van der Waals surface area contributed by atoms with E-state index in [9.17, 15) is 19.6 Å². The minimum Gasteiger partial charge on any atom is -0.493 e. The fourth-order valence-electron chi connectivity index (χ4n) is 7.27. The summed E-state index contributed by atoms with van der Waals surface area (Å²) in [6.45, 7) is 8.23. The number of carbonyl (C=O) groups excluding carboxylic acids is 3. The van der Waals surface area contributed by atoms with Crippen LogP contribution in [0.1, 0.15) is 82.5 Å². The first kappa shape index (κ1) is 33.0. The van der Waals surface area contributed by atoms with E-state index >= 15 is 0 Å². The Morgan fingerprint density at radius 3 is 2.43 bits per heavy atom. The van der Waals surface area contributed by atoms with Crippen molar-refractivity contribution in [3.63, 3.8) is 0 Å². The molecule has 4 aliphatic rings. The molecule has 6 rings (SSSR count). The number of likely N-dealkylation sites (tertiary alicyclic amines) is 2. The molecule has 3 heterocycles. The zero-order valence-electron chi connectivity index (χ0n) is 27.8. The third-order valence-electron chi connectivity index (χ3n) is 10.0. The molecule has 2 saturated heterocycles. The van der Waals surface area contributed by atoms with E-state index in [4.69, 9.17) is 14.2 Å². The number of nitriles is 1. The summed E-state index contributed by atoms with van der Waals surface area (Å²) < 4.78 is 18.0. The molecule has 11 nitrogen and oxygen atoms in total. The van der Waals surface area contributed by atoms with Crippen molar-refractivity contribution in [1.29, 1.82) is 5.26 Å². The van der Waals surface area contributed by atoms with Crippen molar-refractivity contribution in [3.8, 4) is 11.8 Å². The number of benzene rings is 1. The standard InChI is InChI=1S/C36H47N5O6/c1-36(2,3)47-35(44)40-14-11-27(12-15-40)45-21-23-4-6-24(7-5-23)22-46-28-8-9-31-30(18-28)29(10-13-38-31)34(43)39-20-33(42)41-26(19-37)16-25-17-32(25)41/h8-10,13,18,23-27,32H,4-7,11-12,14-17,20-22H2,1-3H3,(H,39,43)/t23?,24?,25-,26+,32+/m1/s1. The van der Waals surface area contributed by atoms with E-state index in [1.165, 1.54) is 0 Å². The molecule has 4 fully saturated rings. The van der Waals surface area contributed by atoms with Crippen molar-refractivity contribution in [2.75, 3.05) is 32.8 Å². The van der Waals surface area contributed by atoms with Crippen LogP contribution >= 0.6 is 0 Å². The number of aromatic nitrogens is 1. The average molecular weight is 646 g/mol. The Morgan fingerprint density at radius 1 is 1.00 bits per heavy atom. The molecule has 11 heteroatoms. The molecule has 47 heavy (non-hydrogen) atoms. The molecule has 0 bridgehead atoms. The monoisotopic (exact) mass is 645 g/mol. The Bertz CT molecular complexity index is 1500. The molecule has 2 aromatic rings. The molecule has 3 atom stereocenters. The summed E-state index contributed by atoms with van der Waals surface area (Å²) in [6, 6.07) is 9.23. The predicted molar refractivity (Wildman–Crippen MR) is 175 cm³/mol. The first-order chi connectivity index (χ1) is 22.6. The zero-order chi connectivity index (χ0) is 33.1. The highest BCUT2D eigenvalue weighted by atomic mass is 16.6. The van der Waals surface area contributed by atoms with Crippen molar-refractivity contribution in [2.45, 2.75) is 95.9 Å². The van der Waals surface area contributed by atoms with Crippen LogP contribution in [0, 0.1) is 29.1 Å². The third-order valence-corrected chi connectivity index (χ3v) is 10.0. The SMILES string of the molecule is CC(C)(C)OC(=O)N1CCC(OCC2CCC(COc3ccc4nccc(C(=O)NCC(=O)N5[C@H](C#N)C[C@@H]6C[C@@H]65)c4c3)CC2)CC1. The molecule has 2 saturated carbocycles. The number of fused-ring (bicyclic) bond motifs is 2. The van der Waals surface area contributed by atoms with Gasteiger partial charge in [0.05, 0.1) is 36.4 Å². The summed E-state index contributed by atoms with van der Waals surface area (Å²) >= 11 is 0. The van der Waals surface area contributed by atoms with Gasteiger partial charge in [0, 0.05) is 37.3 Å². The minimum atomic E-state index is -0.481. The number of nitrogens with one attached hydrogen (secondary N) is 1. The second-order valence-electron chi connectivity index (χ2n) is 14.7. The molecule has 1 N–H and O–H groups in total. The molecular formula is C36H47N5O6. The van der Waals surface area contributed by atoms with E-state index in [2.05, 4.69) is 16.4 Å². The van der Waals surface area contributed by atoms with Crippen LogP contribution in [0.2, 0.25) is 0 Å². The Labute approximate surface area is 276 Å². The van der Waals surface area contributed by atoms with Gasteiger partial charge in [-0.05, 0) is 114 Å². The summed E-state index contributed by atoms with van der Waals surface area (Å²) in [5.74, 6) is 1.55. The van der Waals surface area contributed by atoms with Gasteiger partial charge in [-0.3, -0.25) is 14.6 Å². The minimum absolute atomic E-state index is 0.138. The highest BCUT2D eigenvalue weighted by molar-refractivity contribution is 6.07. The Hall–Kier alpha value is -3.91. The number of carbonyl (C=O) groups is 3. The fourth-order valence-corrected chi connectivity index (χ4v) is 7.27. The molecular weight excluding hydrogens is 598 g/mol. The zero-order valence-corrected chi connectivity index (χ0v) is 27.8. The maximum absolute atomic E-state index is 13.2. The van der Waals surface area contributed by atoms with Crippen molar-refractivity contribution in [3.05, 3.63) is 36.0 Å². The van der Waals surface area contributed by atoms with Crippen LogP contribution in [0.25, 0.3) is 10.9 Å². The molecule has 2 aliphatic carbocycles. The summed E-state index contributed by atoms with van der Waals surface area (Å²) in [6.07, 6.45) is 9.26. The average Bonchev–Trinajstić information content (AvgIpc) is 3.73. The topological polar surface area (TPSA) is 134 Å². The van der Waals surface area contributed by atoms with Crippen molar-refractivity contribution < 1.29 is 28.6 Å². The van der Waals surface area contributed by atoms with Gasteiger partial charge in [0.1, 0.15) is 17.4 Å². The van der Waals surface area contributed by atoms with Crippen molar-refractivity contribution in [2.24, 2.45) is 17.8 Å². The van der Waals surface area contributed by atoms with Gasteiger partial charge < -0.3 is 29.3 Å². The van der Waals surface area contributed by atoms with Crippen LogP contribution < -0.4 is 10.1 Å². The van der Waals surface area contributed by atoms with E-state index < -0.39 is 11.6 Å². The number of hydrogen-bond donors (Lipinski definition) is 1. The Kier molecular flexibility index (Phi) is 9.88. The number of hydrogen-bond acceptors (Lipinski definition) is 8. The van der Waals surface area contributed by atoms with Crippen LogP contribution in [-0.2, 0) is 14.3 Å².